The fourth-order valence-electron chi connectivity index (χ4n) is 1.69. The van der Waals surface area contributed by atoms with Crippen LogP contribution >= 0.6 is 12.2 Å². The first-order valence-electron chi connectivity index (χ1n) is 4.83. The zero-order valence-electron chi connectivity index (χ0n) is 7.44. The van der Waals surface area contributed by atoms with Crippen LogP contribution in [-0.4, -0.2) is 4.86 Å². The Hall–Kier alpha value is 0.0900. The fraction of sp³-hybridized carbons (Fsp3) is 0.900. The van der Waals surface area contributed by atoms with Crippen LogP contribution in [0.1, 0.15) is 51.9 Å². The Morgan fingerprint density at radius 2 is 1.73 bits per heavy atom. The van der Waals surface area contributed by atoms with Gasteiger partial charge in [-0.3, -0.25) is 0 Å². The van der Waals surface area contributed by atoms with Crippen LogP contribution in [0, 0.1) is 5.92 Å². The predicted molar refractivity (Wildman–Crippen MR) is 54.1 cm³/mol. The maximum atomic E-state index is 5.34. The molecule has 1 fully saturated rings. The molecule has 0 saturated heterocycles. The van der Waals surface area contributed by atoms with Crippen molar-refractivity contribution in [3.05, 3.63) is 0 Å². The summed E-state index contributed by atoms with van der Waals surface area (Å²) in [6.45, 7) is 2.29. The van der Waals surface area contributed by atoms with Crippen molar-refractivity contribution >= 4 is 17.1 Å². The molecular formula is C10H18S. The van der Waals surface area contributed by atoms with Crippen LogP contribution < -0.4 is 0 Å². The third-order valence-electron chi connectivity index (χ3n) is 2.61. The van der Waals surface area contributed by atoms with Gasteiger partial charge in [-0.25, -0.2) is 0 Å². The van der Waals surface area contributed by atoms with Gasteiger partial charge in [-0.2, -0.15) is 0 Å². The molecule has 64 valence electrons. The van der Waals surface area contributed by atoms with Crippen molar-refractivity contribution in [1.82, 2.24) is 0 Å². The Labute approximate surface area is 75.4 Å². The lowest BCUT2D eigenvalue weighted by Crippen LogP contribution is -2.07. The molecule has 11 heavy (non-hydrogen) atoms. The molecule has 1 heteroatoms. The average molecular weight is 170 g/mol. The second kappa shape index (κ2) is 4.87. The van der Waals surface area contributed by atoms with Crippen LogP contribution in [0.5, 0.6) is 0 Å². The first-order valence-corrected chi connectivity index (χ1v) is 5.24. The summed E-state index contributed by atoms with van der Waals surface area (Å²) in [4.78, 5) is 1.33. The SMILES string of the molecule is CC1CCCCCCCC1=S. The van der Waals surface area contributed by atoms with Crippen LogP contribution in [0.2, 0.25) is 0 Å². The Morgan fingerprint density at radius 3 is 2.55 bits per heavy atom. The molecule has 1 unspecified atom stereocenters. The second-order valence-corrected chi connectivity index (χ2v) is 4.20. The Bertz CT molecular complexity index is 129. The molecule has 1 saturated carbocycles. The lowest BCUT2D eigenvalue weighted by atomic mass is 9.99. The van der Waals surface area contributed by atoms with Gasteiger partial charge in [0, 0.05) is 0 Å². The molecule has 0 aromatic carbocycles. The minimum absolute atomic E-state index is 0.711. The highest BCUT2D eigenvalue weighted by atomic mass is 32.1. The standard InChI is InChI=1S/C10H18S/c1-9-7-5-3-2-4-6-8-10(9)11/h9H,2-8H2,1H3. The third-order valence-corrected chi connectivity index (χ3v) is 3.22. The molecule has 0 nitrogen and oxygen atoms in total. The molecule has 0 N–H and O–H groups in total. The van der Waals surface area contributed by atoms with E-state index in [1.165, 1.54) is 49.8 Å². The zero-order chi connectivity index (χ0) is 8.10. The van der Waals surface area contributed by atoms with Crippen molar-refractivity contribution in [2.45, 2.75) is 51.9 Å². The molecule has 0 bridgehead atoms. The number of hydrogen-bond acceptors (Lipinski definition) is 1. The molecule has 1 atom stereocenters. The van der Waals surface area contributed by atoms with Gasteiger partial charge in [-0.05, 0) is 30.0 Å². The lowest BCUT2D eigenvalue weighted by Gasteiger charge is -2.09. The Balaban J connectivity index is 2.35. The monoisotopic (exact) mass is 170 g/mol. The highest BCUT2D eigenvalue weighted by molar-refractivity contribution is 7.80. The van der Waals surface area contributed by atoms with Crippen LogP contribution in [0.3, 0.4) is 0 Å². The molecule has 0 spiro atoms. The highest BCUT2D eigenvalue weighted by Crippen LogP contribution is 2.19. The number of thiocarbonyl (C=S) groups is 1. The molecule has 0 aromatic rings. The van der Waals surface area contributed by atoms with E-state index in [4.69, 9.17) is 12.2 Å². The van der Waals surface area contributed by atoms with Gasteiger partial charge in [0.15, 0.2) is 0 Å². The Morgan fingerprint density at radius 1 is 1.09 bits per heavy atom. The van der Waals surface area contributed by atoms with Crippen LogP contribution in [-0.2, 0) is 0 Å². The van der Waals surface area contributed by atoms with Gasteiger partial charge in [0.05, 0.1) is 0 Å². The van der Waals surface area contributed by atoms with Gasteiger partial charge in [0.1, 0.15) is 0 Å². The summed E-state index contributed by atoms with van der Waals surface area (Å²) in [6, 6.07) is 0. The van der Waals surface area contributed by atoms with Crippen molar-refractivity contribution in [2.24, 2.45) is 5.92 Å². The third kappa shape index (κ3) is 3.33. The minimum atomic E-state index is 0.711. The molecule has 0 amide bonds. The van der Waals surface area contributed by atoms with E-state index in [-0.39, 0.29) is 0 Å². The van der Waals surface area contributed by atoms with Crippen LogP contribution in [0.15, 0.2) is 0 Å². The first-order chi connectivity index (χ1) is 5.30. The van der Waals surface area contributed by atoms with E-state index in [1.807, 2.05) is 0 Å². The van der Waals surface area contributed by atoms with Crippen molar-refractivity contribution in [1.29, 1.82) is 0 Å². The molecule has 0 aromatic heterocycles. The maximum absolute atomic E-state index is 5.34. The number of hydrogen-bond donors (Lipinski definition) is 0. The molecule has 0 heterocycles. The molecule has 1 rings (SSSR count). The smallest absolute Gasteiger partial charge is 0.00433 e. The van der Waals surface area contributed by atoms with Gasteiger partial charge in [0.25, 0.3) is 0 Å². The Kier molecular flexibility index (Phi) is 4.06. The van der Waals surface area contributed by atoms with Gasteiger partial charge in [-0.1, -0.05) is 44.8 Å². The summed E-state index contributed by atoms with van der Waals surface area (Å²) in [5, 5.41) is 0. The summed E-state index contributed by atoms with van der Waals surface area (Å²) >= 11 is 5.34. The van der Waals surface area contributed by atoms with E-state index >= 15 is 0 Å². The first kappa shape index (κ1) is 9.18. The average Bonchev–Trinajstić information content (AvgIpc) is 2.07. The highest BCUT2D eigenvalue weighted by Gasteiger charge is 2.09. The van der Waals surface area contributed by atoms with E-state index in [1.54, 1.807) is 0 Å². The van der Waals surface area contributed by atoms with E-state index in [2.05, 4.69) is 6.92 Å². The largest absolute Gasteiger partial charge is 0.0894 e. The summed E-state index contributed by atoms with van der Waals surface area (Å²) in [5.41, 5.74) is 0. The molecule has 1 aliphatic rings. The van der Waals surface area contributed by atoms with Crippen molar-refractivity contribution in [2.75, 3.05) is 0 Å². The van der Waals surface area contributed by atoms with E-state index < -0.39 is 0 Å². The molecule has 0 aliphatic heterocycles. The van der Waals surface area contributed by atoms with E-state index in [0.29, 0.717) is 5.92 Å². The molecular weight excluding hydrogens is 152 g/mol. The maximum Gasteiger partial charge on any atom is -0.00433 e. The van der Waals surface area contributed by atoms with Crippen molar-refractivity contribution < 1.29 is 0 Å². The van der Waals surface area contributed by atoms with Crippen molar-refractivity contribution in [3.63, 3.8) is 0 Å². The number of rotatable bonds is 0. The second-order valence-electron chi connectivity index (χ2n) is 3.67. The quantitative estimate of drug-likeness (QED) is 0.499. The van der Waals surface area contributed by atoms with Gasteiger partial charge < -0.3 is 0 Å². The fourth-order valence-corrected chi connectivity index (χ4v) is 1.95. The van der Waals surface area contributed by atoms with Crippen molar-refractivity contribution in [3.8, 4) is 0 Å². The summed E-state index contributed by atoms with van der Waals surface area (Å²) in [7, 11) is 0. The van der Waals surface area contributed by atoms with E-state index in [0.717, 1.165) is 0 Å². The minimum Gasteiger partial charge on any atom is -0.0894 e. The van der Waals surface area contributed by atoms with E-state index in [9.17, 15) is 0 Å². The van der Waals surface area contributed by atoms with Gasteiger partial charge in [0.2, 0.25) is 0 Å². The van der Waals surface area contributed by atoms with Gasteiger partial charge >= 0.3 is 0 Å². The van der Waals surface area contributed by atoms with Gasteiger partial charge in [-0.15, -0.1) is 0 Å². The summed E-state index contributed by atoms with van der Waals surface area (Å²) in [5.74, 6) is 0.711. The topological polar surface area (TPSA) is 0 Å². The molecule has 1 aliphatic carbocycles. The van der Waals surface area contributed by atoms with Crippen LogP contribution in [0.25, 0.3) is 0 Å². The molecule has 0 radical (unpaired) electrons. The summed E-state index contributed by atoms with van der Waals surface area (Å²) < 4.78 is 0. The zero-order valence-corrected chi connectivity index (χ0v) is 8.25. The normalized spacial score (nSPS) is 28.8. The van der Waals surface area contributed by atoms with Crippen LogP contribution in [0.4, 0.5) is 0 Å². The predicted octanol–water partition coefficient (Wildman–Crippen LogP) is 3.74. The lowest BCUT2D eigenvalue weighted by molar-refractivity contribution is 0.585. The summed E-state index contributed by atoms with van der Waals surface area (Å²) in [6.07, 6.45) is 9.51.